The van der Waals surface area contributed by atoms with Gasteiger partial charge >= 0.3 is 7.60 Å². The molecule has 138 valence electrons. The molecule has 0 bridgehead atoms. The van der Waals surface area contributed by atoms with Crippen LogP contribution in [0, 0.1) is 0 Å². The fourth-order valence-electron chi connectivity index (χ4n) is 1.46. The SMILES string of the molecule is C=CCNCC(=O)N[C@@H](C)C(=O)N[C@@H](C)C(=O)N[C@@H](C)P(=O)(O)O. The van der Waals surface area contributed by atoms with E-state index in [1.54, 1.807) is 6.08 Å². The van der Waals surface area contributed by atoms with Crippen LogP contribution >= 0.6 is 7.60 Å². The number of carbonyl (C=O) groups excluding carboxylic acids is 3. The largest absolute Gasteiger partial charge is 0.347 e. The number of hydrogen-bond acceptors (Lipinski definition) is 5. The van der Waals surface area contributed by atoms with Crippen molar-refractivity contribution in [1.29, 1.82) is 0 Å². The van der Waals surface area contributed by atoms with Crippen LogP contribution in [0.4, 0.5) is 0 Å². The summed E-state index contributed by atoms with van der Waals surface area (Å²) in [7, 11) is -4.45. The van der Waals surface area contributed by atoms with Gasteiger partial charge in [0.2, 0.25) is 17.7 Å². The van der Waals surface area contributed by atoms with Gasteiger partial charge in [0.05, 0.1) is 6.54 Å². The fourth-order valence-corrected chi connectivity index (χ4v) is 1.76. The van der Waals surface area contributed by atoms with E-state index in [0.717, 1.165) is 6.92 Å². The molecule has 0 aromatic rings. The molecular formula is C13H25N4O6P. The Kier molecular flexibility index (Phi) is 9.45. The number of hydrogen-bond donors (Lipinski definition) is 6. The van der Waals surface area contributed by atoms with Crippen LogP contribution in [0.15, 0.2) is 12.7 Å². The monoisotopic (exact) mass is 364 g/mol. The van der Waals surface area contributed by atoms with E-state index >= 15 is 0 Å². The highest BCUT2D eigenvalue weighted by Crippen LogP contribution is 2.38. The van der Waals surface area contributed by atoms with E-state index in [0.29, 0.717) is 6.54 Å². The minimum atomic E-state index is -4.45. The Morgan fingerprint density at radius 2 is 1.54 bits per heavy atom. The molecule has 0 rings (SSSR count). The van der Waals surface area contributed by atoms with Gasteiger partial charge in [0.15, 0.2) is 0 Å². The second kappa shape index (κ2) is 10.2. The minimum absolute atomic E-state index is 0.0134. The molecule has 0 heterocycles. The van der Waals surface area contributed by atoms with Crippen molar-refractivity contribution in [2.45, 2.75) is 38.6 Å². The lowest BCUT2D eigenvalue weighted by Crippen LogP contribution is -2.53. The van der Waals surface area contributed by atoms with Gasteiger partial charge in [0.1, 0.15) is 17.9 Å². The highest BCUT2D eigenvalue weighted by molar-refractivity contribution is 7.52. The third kappa shape index (κ3) is 8.78. The molecule has 0 saturated carbocycles. The summed E-state index contributed by atoms with van der Waals surface area (Å²) in [5, 5.41) is 9.69. The summed E-state index contributed by atoms with van der Waals surface area (Å²) in [5.74, 6) is -3.10. The second-order valence-electron chi connectivity index (χ2n) is 5.21. The molecule has 0 saturated heterocycles. The second-order valence-corrected chi connectivity index (χ2v) is 7.17. The molecule has 0 unspecified atom stereocenters. The van der Waals surface area contributed by atoms with E-state index in [-0.39, 0.29) is 6.54 Å². The van der Waals surface area contributed by atoms with E-state index < -0.39 is 43.2 Å². The van der Waals surface area contributed by atoms with E-state index in [1.165, 1.54) is 13.8 Å². The zero-order valence-electron chi connectivity index (χ0n) is 13.9. The standard InChI is InChI=1S/C13H25N4O6P/c1-5-6-14-7-11(18)15-8(2)12(19)16-9(3)13(20)17-10(4)24(21,22)23/h5,8-10,14H,1,6-7H2,2-4H3,(H,15,18)(H,16,19)(H,17,20)(H2,21,22,23)/t8-,9-,10+/m0/s1. The summed E-state index contributed by atoms with van der Waals surface area (Å²) in [6, 6.07) is -1.90. The van der Waals surface area contributed by atoms with Gasteiger partial charge in [-0.25, -0.2) is 0 Å². The molecule has 0 spiro atoms. The zero-order chi connectivity index (χ0) is 18.9. The average molecular weight is 364 g/mol. The predicted molar refractivity (Wildman–Crippen MR) is 87.9 cm³/mol. The van der Waals surface area contributed by atoms with Crippen molar-refractivity contribution in [2.24, 2.45) is 0 Å². The quantitative estimate of drug-likeness (QED) is 0.155. The number of carbonyl (C=O) groups is 3. The highest BCUT2D eigenvalue weighted by atomic mass is 31.2. The van der Waals surface area contributed by atoms with Crippen LogP contribution < -0.4 is 21.3 Å². The molecule has 10 nitrogen and oxygen atoms in total. The molecule has 3 amide bonds. The molecule has 11 heteroatoms. The van der Waals surface area contributed by atoms with Gasteiger partial charge in [-0.15, -0.1) is 6.58 Å². The lowest BCUT2D eigenvalue weighted by molar-refractivity contribution is -0.131. The summed E-state index contributed by atoms with van der Waals surface area (Å²) in [5.41, 5.74) is 0. The lowest BCUT2D eigenvalue weighted by Gasteiger charge is -2.21. The van der Waals surface area contributed by atoms with Gasteiger partial charge in [-0.2, -0.15) is 0 Å². The van der Waals surface area contributed by atoms with Gasteiger partial charge in [-0.1, -0.05) is 6.08 Å². The molecule has 24 heavy (non-hydrogen) atoms. The first-order valence-electron chi connectivity index (χ1n) is 7.26. The Labute approximate surface area is 140 Å². The average Bonchev–Trinajstić information content (AvgIpc) is 2.46. The summed E-state index contributed by atoms with van der Waals surface area (Å²) < 4.78 is 11.0. The highest BCUT2D eigenvalue weighted by Gasteiger charge is 2.28. The van der Waals surface area contributed by atoms with Gasteiger partial charge in [0, 0.05) is 6.54 Å². The first-order chi connectivity index (χ1) is 11.0. The minimum Gasteiger partial charge on any atom is -0.343 e. The van der Waals surface area contributed by atoms with Gasteiger partial charge in [-0.05, 0) is 20.8 Å². The molecule has 0 aliphatic carbocycles. The number of amides is 3. The molecule has 0 aromatic carbocycles. The summed E-state index contributed by atoms with van der Waals surface area (Å²) in [6.45, 7) is 7.92. The summed E-state index contributed by atoms with van der Waals surface area (Å²) >= 11 is 0. The maximum atomic E-state index is 11.9. The Morgan fingerprint density at radius 3 is 2.04 bits per heavy atom. The van der Waals surface area contributed by atoms with Gasteiger partial charge in [-0.3, -0.25) is 18.9 Å². The van der Waals surface area contributed by atoms with Gasteiger partial charge in [0.25, 0.3) is 0 Å². The van der Waals surface area contributed by atoms with Crippen molar-refractivity contribution in [3.05, 3.63) is 12.7 Å². The molecule has 0 aromatic heterocycles. The molecule has 0 aliphatic heterocycles. The van der Waals surface area contributed by atoms with Crippen molar-refractivity contribution in [1.82, 2.24) is 21.3 Å². The van der Waals surface area contributed by atoms with Crippen molar-refractivity contribution < 1.29 is 28.7 Å². The van der Waals surface area contributed by atoms with Crippen molar-refractivity contribution in [2.75, 3.05) is 13.1 Å². The topological polar surface area (TPSA) is 157 Å². The number of rotatable bonds is 10. The van der Waals surface area contributed by atoms with Crippen molar-refractivity contribution in [3.8, 4) is 0 Å². The normalized spacial score (nSPS) is 14.9. The summed E-state index contributed by atoms with van der Waals surface area (Å²) in [6.07, 6.45) is 1.59. The Bertz CT molecular complexity index is 521. The van der Waals surface area contributed by atoms with Crippen molar-refractivity contribution >= 4 is 25.3 Å². The molecule has 3 atom stereocenters. The van der Waals surface area contributed by atoms with E-state index in [9.17, 15) is 18.9 Å². The maximum Gasteiger partial charge on any atom is 0.347 e. The number of nitrogens with one attached hydrogen (secondary N) is 4. The van der Waals surface area contributed by atoms with Gasteiger partial charge < -0.3 is 31.1 Å². The first-order valence-corrected chi connectivity index (χ1v) is 8.94. The van der Waals surface area contributed by atoms with Crippen LogP contribution in [0.2, 0.25) is 0 Å². The summed E-state index contributed by atoms with van der Waals surface area (Å²) in [4.78, 5) is 53.1. The third-order valence-corrected chi connectivity index (χ3v) is 4.09. The van der Waals surface area contributed by atoms with Crippen LogP contribution in [0.5, 0.6) is 0 Å². The predicted octanol–water partition coefficient (Wildman–Crippen LogP) is -1.59. The van der Waals surface area contributed by atoms with Crippen LogP contribution in [0.25, 0.3) is 0 Å². The Morgan fingerprint density at radius 1 is 1.04 bits per heavy atom. The van der Waals surface area contributed by atoms with Crippen LogP contribution in [0.1, 0.15) is 20.8 Å². The smallest absolute Gasteiger partial charge is 0.343 e. The fraction of sp³-hybridized carbons (Fsp3) is 0.615. The maximum absolute atomic E-state index is 11.9. The van der Waals surface area contributed by atoms with E-state index in [1.807, 2.05) is 0 Å². The molecular weight excluding hydrogens is 339 g/mol. The van der Waals surface area contributed by atoms with E-state index in [4.69, 9.17) is 9.79 Å². The molecule has 0 radical (unpaired) electrons. The third-order valence-electron chi connectivity index (χ3n) is 2.95. The Balaban J connectivity index is 4.37. The van der Waals surface area contributed by atoms with Crippen LogP contribution in [-0.2, 0) is 18.9 Å². The first kappa shape index (κ1) is 22.3. The molecule has 0 fully saturated rings. The van der Waals surface area contributed by atoms with Crippen LogP contribution in [-0.4, -0.2) is 58.5 Å². The molecule has 0 aliphatic rings. The lowest BCUT2D eigenvalue weighted by atomic mass is 10.2. The molecule has 6 N–H and O–H groups in total. The van der Waals surface area contributed by atoms with Crippen molar-refractivity contribution in [3.63, 3.8) is 0 Å². The van der Waals surface area contributed by atoms with Crippen LogP contribution in [0.3, 0.4) is 0 Å². The zero-order valence-corrected chi connectivity index (χ0v) is 14.8. The Hall–Kier alpha value is -1.74. The van der Waals surface area contributed by atoms with E-state index in [2.05, 4.69) is 27.8 Å².